The van der Waals surface area contributed by atoms with Gasteiger partial charge in [-0.25, -0.2) is 8.42 Å². The fraction of sp³-hybridized carbons (Fsp3) is 0.0714. The average Bonchev–Trinajstić information content (AvgIpc) is 2.56. The number of rotatable bonds is 5. The van der Waals surface area contributed by atoms with Crippen LogP contribution in [0, 0.1) is 0 Å². The SMILES string of the molecule is CNC(=O)c1cc(S(F)(F)(F)(F)F)cc(NS(=O)(=O)c2cc(Br)cc(Cl)c2O)c1O. The molecule has 0 unspecified atom stereocenters. The van der Waals surface area contributed by atoms with Gasteiger partial charge in [0.15, 0.2) is 11.5 Å². The Kier molecular flexibility index (Phi) is 5.48. The summed E-state index contributed by atoms with van der Waals surface area (Å²) in [7, 11) is -14.4. The van der Waals surface area contributed by atoms with E-state index in [1.54, 1.807) is 0 Å². The van der Waals surface area contributed by atoms with Gasteiger partial charge in [0.2, 0.25) is 0 Å². The normalized spacial score (nSPS) is 14.5. The number of hydrogen-bond acceptors (Lipinski definition) is 5. The molecule has 2 aromatic carbocycles. The summed E-state index contributed by atoms with van der Waals surface area (Å²) in [6.07, 6.45) is 0. The number of phenols is 2. The summed E-state index contributed by atoms with van der Waals surface area (Å²) in [6, 6.07) is 1.25. The number of benzene rings is 2. The second-order valence-electron chi connectivity index (χ2n) is 5.75. The van der Waals surface area contributed by atoms with Crippen molar-refractivity contribution < 1.29 is 42.9 Å². The highest BCUT2D eigenvalue weighted by Gasteiger charge is 2.66. The first-order valence-corrected chi connectivity index (χ1v) is 11.9. The van der Waals surface area contributed by atoms with E-state index < -0.39 is 63.7 Å². The van der Waals surface area contributed by atoms with Crippen molar-refractivity contribution in [2.24, 2.45) is 0 Å². The third-order valence-electron chi connectivity index (χ3n) is 3.53. The van der Waals surface area contributed by atoms with Crippen LogP contribution in [0.5, 0.6) is 11.5 Å². The van der Waals surface area contributed by atoms with Crippen LogP contribution in [0.1, 0.15) is 10.4 Å². The van der Waals surface area contributed by atoms with Gasteiger partial charge in [-0.3, -0.25) is 9.52 Å². The number of phenolic OH excluding ortho intramolecular Hbond substituents is 2. The van der Waals surface area contributed by atoms with Crippen molar-refractivity contribution in [3.63, 3.8) is 0 Å². The number of amides is 1. The van der Waals surface area contributed by atoms with Crippen molar-refractivity contribution >= 4 is 59.4 Å². The first-order valence-electron chi connectivity index (χ1n) is 7.31. The average molecular weight is 562 g/mol. The second kappa shape index (κ2) is 6.77. The highest BCUT2D eigenvalue weighted by Crippen LogP contribution is 3.02. The van der Waals surface area contributed by atoms with Crippen molar-refractivity contribution in [2.75, 3.05) is 11.8 Å². The molecule has 0 saturated heterocycles. The molecule has 0 radical (unpaired) electrons. The van der Waals surface area contributed by atoms with Crippen LogP contribution in [-0.2, 0) is 10.0 Å². The number of sulfonamides is 1. The van der Waals surface area contributed by atoms with E-state index in [1.165, 1.54) is 4.72 Å². The zero-order valence-electron chi connectivity index (χ0n) is 14.4. The maximum atomic E-state index is 13.3. The van der Waals surface area contributed by atoms with Crippen LogP contribution in [0.4, 0.5) is 25.1 Å². The zero-order chi connectivity index (χ0) is 23.3. The molecule has 0 atom stereocenters. The lowest BCUT2D eigenvalue weighted by molar-refractivity contribution is 0.0960. The molecule has 0 bridgehead atoms. The van der Waals surface area contributed by atoms with E-state index in [4.69, 9.17) is 11.6 Å². The molecular weight excluding hydrogens is 551 g/mol. The molecule has 0 spiro atoms. The number of carbonyl (C=O) groups excluding carboxylic acids is 1. The molecule has 16 heteroatoms. The number of nitrogens with one attached hydrogen (secondary N) is 2. The largest absolute Gasteiger partial charge is 0.505 e. The van der Waals surface area contributed by atoms with Crippen LogP contribution in [-0.4, -0.2) is 31.6 Å². The summed E-state index contributed by atoms with van der Waals surface area (Å²) < 4.78 is 92.9. The monoisotopic (exact) mass is 560 g/mol. The lowest BCUT2D eigenvalue weighted by Gasteiger charge is -2.41. The smallest absolute Gasteiger partial charge is 0.310 e. The molecular formula is C14H11BrClF5N2O5S2. The Morgan fingerprint density at radius 2 is 1.63 bits per heavy atom. The minimum absolute atomic E-state index is 0.0432. The summed E-state index contributed by atoms with van der Waals surface area (Å²) in [4.78, 5) is 8.17. The Morgan fingerprint density at radius 3 is 2.13 bits per heavy atom. The van der Waals surface area contributed by atoms with E-state index in [-0.39, 0.29) is 16.6 Å². The Balaban J connectivity index is 2.78. The third-order valence-corrected chi connectivity index (χ3v) is 6.78. The molecule has 0 aliphatic carbocycles. The number of hydrogen-bond donors (Lipinski definition) is 4. The summed E-state index contributed by atoms with van der Waals surface area (Å²) in [5, 5.41) is 21.3. The molecule has 0 saturated carbocycles. The summed E-state index contributed by atoms with van der Waals surface area (Å²) in [6.45, 7) is 0. The second-order valence-corrected chi connectivity index (χ2v) is 11.1. The van der Waals surface area contributed by atoms with E-state index in [9.17, 15) is 42.9 Å². The maximum absolute atomic E-state index is 13.3. The highest BCUT2D eigenvalue weighted by atomic mass is 79.9. The van der Waals surface area contributed by atoms with Crippen molar-refractivity contribution in [1.29, 1.82) is 0 Å². The van der Waals surface area contributed by atoms with E-state index in [1.807, 2.05) is 5.32 Å². The van der Waals surface area contributed by atoms with Gasteiger partial charge in [0.25, 0.3) is 15.9 Å². The van der Waals surface area contributed by atoms with Gasteiger partial charge in [0, 0.05) is 11.5 Å². The standard InChI is InChI=1S/C14H11BrClF5N2O5S2/c1-22-14(26)8-4-7(30(17,18,19,20)21)5-10(12(8)24)23-29(27,28)11-3-6(15)2-9(16)13(11)25/h2-5,23-25H,1H3,(H,22,26). The molecule has 0 aliphatic rings. The van der Waals surface area contributed by atoms with Crippen molar-refractivity contribution in [3.05, 3.63) is 39.3 Å². The minimum Gasteiger partial charge on any atom is -0.505 e. The fourth-order valence-corrected chi connectivity index (χ4v) is 5.06. The topological polar surface area (TPSA) is 116 Å². The predicted octanol–water partition coefficient (Wildman–Crippen LogP) is 5.33. The molecule has 2 rings (SSSR count). The fourth-order valence-electron chi connectivity index (χ4n) is 2.16. The first-order chi connectivity index (χ1) is 13.3. The molecule has 7 nitrogen and oxygen atoms in total. The van der Waals surface area contributed by atoms with Gasteiger partial charge in [-0.05, 0) is 24.3 Å². The van der Waals surface area contributed by atoms with Crippen molar-refractivity contribution in [1.82, 2.24) is 5.32 Å². The lowest BCUT2D eigenvalue weighted by atomic mass is 10.1. The first kappa shape index (κ1) is 24.3. The summed E-state index contributed by atoms with van der Waals surface area (Å²) in [5.41, 5.74) is -2.65. The van der Waals surface area contributed by atoms with Gasteiger partial charge >= 0.3 is 10.2 Å². The number of aromatic hydroxyl groups is 2. The van der Waals surface area contributed by atoms with Crippen LogP contribution in [0.25, 0.3) is 0 Å². The molecule has 2 aromatic rings. The van der Waals surface area contributed by atoms with E-state index in [2.05, 4.69) is 15.9 Å². The van der Waals surface area contributed by atoms with Crippen LogP contribution in [0.3, 0.4) is 0 Å². The van der Waals surface area contributed by atoms with Crippen LogP contribution in [0.2, 0.25) is 5.02 Å². The van der Waals surface area contributed by atoms with E-state index in [0.29, 0.717) is 0 Å². The highest BCUT2D eigenvalue weighted by molar-refractivity contribution is 9.10. The summed E-state index contributed by atoms with van der Waals surface area (Å²) in [5.74, 6) is -3.75. The van der Waals surface area contributed by atoms with E-state index >= 15 is 0 Å². The quantitative estimate of drug-likeness (QED) is 0.291. The minimum atomic E-state index is -10.4. The van der Waals surface area contributed by atoms with Crippen LogP contribution >= 0.6 is 37.8 Å². The van der Waals surface area contributed by atoms with Crippen molar-refractivity contribution in [3.8, 4) is 11.5 Å². The van der Waals surface area contributed by atoms with Gasteiger partial charge in [0.05, 0.1) is 16.3 Å². The van der Waals surface area contributed by atoms with Gasteiger partial charge in [-0.2, -0.15) is 0 Å². The lowest BCUT2D eigenvalue weighted by Crippen LogP contribution is -2.20. The Bertz CT molecular complexity index is 1180. The Morgan fingerprint density at radius 1 is 1.07 bits per heavy atom. The van der Waals surface area contributed by atoms with Gasteiger partial charge in [-0.15, -0.1) is 0 Å². The van der Waals surface area contributed by atoms with Gasteiger partial charge in [-0.1, -0.05) is 47.0 Å². The molecule has 4 N–H and O–H groups in total. The maximum Gasteiger partial charge on any atom is 0.310 e. The Hall–Kier alpha value is -1.97. The number of anilines is 1. The summed E-state index contributed by atoms with van der Waals surface area (Å²) >= 11 is 8.55. The number of carbonyl (C=O) groups is 1. The molecule has 30 heavy (non-hydrogen) atoms. The molecule has 0 fully saturated rings. The third kappa shape index (κ3) is 5.01. The molecule has 0 aromatic heterocycles. The number of halogens is 7. The van der Waals surface area contributed by atoms with Crippen LogP contribution < -0.4 is 10.0 Å². The Labute approximate surface area is 179 Å². The van der Waals surface area contributed by atoms with Gasteiger partial charge < -0.3 is 15.5 Å². The molecule has 0 aliphatic heterocycles. The van der Waals surface area contributed by atoms with E-state index in [0.717, 1.165) is 19.2 Å². The van der Waals surface area contributed by atoms with Crippen molar-refractivity contribution in [2.45, 2.75) is 9.79 Å². The van der Waals surface area contributed by atoms with Crippen LogP contribution in [0.15, 0.2) is 38.5 Å². The zero-order valence-corrected chi connectivity index (χ0v) is 18.4. The molecule has 1 amide bonds. The molecule has 0 heterocycles. The van der Waals surface area contributed by atoms with Gasteiger partial charge in [0.1, 0.15) is 9.79 Å². The molecule has 168 valence electrons. The predicted molar refractivity (Wildman–Crippen MR) is 105 cm³/mol.